The van der Waals surface area contributed by atoms with Gasteiger partial charge in [0, 0.05) is 30.6 Å². The fourth-order valence-electron chi connectivity index (χ4n) is 3.36. The average Bonchev–Trinajstić information content (AvgIpc) is 3.43. The summed E-state index contributed by atoms with van der Waals surface area (Å²) in [5.41, 5.74) is 13.7. The molecule has 27 heavy (non-hydrogen) atoms. The number of nitrogens with two attached hydrogens (primary N) is 1. The standard InChI is InChI=1S/C20H30N4O3/c1-20(2,3)27-19(26)23-22-15-5-4-10-24(12-15)17-9-8-14(11-16(17)21)18(25)13-6-7-13/h8-9,11,13,15,22H,4-7,10,12,21H2,1-3H3,(H,23,26). The summed E-state index contributed by atoms with van der Waals surface area (Å²) in [6, 6.07) is 5.71. The molecule has 1 saturated carbocycles. The molecule has 1 aliphatic heterocycles. The zero-order chi connectivity index (χ0) is 19.6. The van der Waals surface area contributed by atoms with Crippen LogP contribution in [0.25, 0.3) is 0 Å². The molecular formula is C20H30N4O3. The van der Waals surface area contributed by atoms with Gasteiger partial charge in [0.15, 0.2) is 5.78 Å². The van der Waals surface area contributed by atoms with Crippen molar-refractivity contribution in [2.45, 2.75) is 58.1 Å². The number of benzene rings is 1. The van der Waals surface area contributed by atoms with Gasteiger partial charge < -0.3 is 15.4 Å². The Morgan fingerprint density at radius 2 is 1.96 bits per heavy atom. The van der Waals surface area contributed by atoms with Gasteiger partial charge in [-0.1, -0.05) is 0 Å². The molecule has 4 N–H and O–H groups in total. The summed E-state index contributed by atoms with van der Waals surface area (Å²) in [7, 11) is 0. The van der Waals surface area contributed by atoms with Crippen LogP contribution in [0.15, 0.2) is 18.2 Å². The van der Waals surface area contributed by atoms with Crippen LogP contribution in [0.1, 0.15) is 56.8 Å². The van der Waals surface area contributed by atoms with Crippen LogP contribution in [0, 0.1) is 5.92 Å². The van der Waals surface area contributed by atoms with Gasteiger partial charge in [-0.15, -0.1) is 0 Å². The van der Waals surface area contributed by atoms with Crippen LogP contribution in [-0.2, 0) is 4.74 Å². The smallest absolute Gasteiger partial charge is 0.422 e. The van der Waals surface area contributed by atoms with Gasteiger partial charge in [-0.2, -0.15) is 0 Å². The first kappa shape index (κ1) is 19.5. The first-order chi connectivity index (χ1) is 12.7. The summed E-state index contributed by atoms with van der Waals surface area (Å²) in [6.45, 7) is 7.10. The van der Waals surface area contributed by atoms with Gasteiger partial charge in [0.25, 0.3) is 0 Å². The van der Waals surface area contributed by atoms with Gasteiger partial charge >= 0.3 is 6.09 Å². The van der Waals surface area contributed by atoms with E-state index in [1.54, 1.807) is 6.07 Å². The molecule has 2 aliphatic rings. The van der Waals surface area contributed by atoms with Crippen LogP contribution in [0.2, 0.25) is 0 Å². The number of nitrogens with zero attached hydrogens (tertiary/aromatic N) is 1. The second kappa shape index (κ2) is 7.76. The number of carbonyl (C=O) groups excluding carboxylic acids is 2. The highest BCUT2D eigenvalue weighted by molar-refractivity contribution is 6.00. The van der Waals surface area contributed by atoms with Gasteiger partial charge in [-0.05, 0) is 64.7 Å². The molecule has 1 saturated heterocycles. The van der Waals surface area contributed by atoms with E-state index in [4.69, 9.17) is 10.5 Å². The predicted molar refractivity (Wildman–Crippen MR) is 106 cm³/mol. The van der Waals surface area contributed by atoms with Crippen molar-refractivity contribution in [1.29, 1.82) is 0 Å². The molecule has 0 spiro atoms. The lowest BCUT2D eigenvalue weighted by Gasteiger charge is -2.35. The fourth-order valence-corrected chi connectivity index (χ4v) is 3.36. The molecule has 1 heterocycles. The number of hydrogen-bond donors (Lipinski definition) is 3. The first-order valence-corrected chi connectivity index (χ1v) is 9.66. The normalized spacial score (nSPS) is 20.3. The maximum absolute atomic E-state index is 12.2. The molecule has 0 bridgehead atoms. The van der Waals surface area contributed by atoms with Gasteiger partial charge in [0.2, 0.25) is 0 Å². The topological polar surface area (TPSA) is 96.7 Å². The molecule has 1 aliphatic carbocycles. The van der Waals surface area contributed by atoms with Crippen LogP contribution in [0.3, 0.4) is 0 Å². The number of nitrogens with one attached hydrogen (secondary N) is 2. The lowest BCUT2D eigenvalue weighted by atomic mass is 10.0. The largest absolute Gasteiger partial charge is 0.443 e. The summed E-state index contributed by atoms with van der Waals surface area (Å²) in [4.78, 5) is 26.2. The first-order valence-electron chi connectivity index (χ1n) is 9.66. The zero-order valence-corrected chi connectivity index (χ0v) is 16.4. The van der Waals surface area contributed by atoms with E-state index in [1.165, 1.54) is 0 Å². The maximum atomic E-state index is 12.2. The minimum absolute atomic E-state index is 0.0958. The highest BCUT2D eigenvalue weighted by Gasteiger charge is 2.31. The SMILES string of the molecule is CC(C)(C)OC(=O)NNC1CCCN(c2ccc(C(=O)C3CC3)cc2N)C1. The maximum Gasteiger partial charge on any atom is 0.422 e. The number of piperidine rings is 1. The third-order valence-corrected chi connectivity index (χ3v) is 4.80. The number of amides is 1. The van der Waals surface area contributed by atoms with E-state index < -0.39 is 11.7 Å². The molecule has 1 unspecified atom stereocenters. The number of ketones is 1. The zero-order valence-electron chi connectivity index (χ0n) is 16.4. The Kier molecular flexibility index (Phi) is 5.60. The third-order valence-electron chi connectivity index (χ3n) is 4.80. The number of rotatable bonds is 5. The second-order valence-corrected chi connectivity index (χ2v) is 8.47. The number of nitrogen functional groups attached to an aromatic ring is 1. The molecule has 1 atom stereocenters. The Hall–Kier alpha value is -2.28. The highest BCUT2D eigenvalue weighted by Crippen LogP contribution is 2.34. The number of hydrazine groups is 1. The van der Waals surface area contributed by atoms with E-state index in [-0.39, 0.29) is 17.7 Å². The van der Waals surface area contributed by atoms with E-state index >= 15 is 0 Å². The average molecular weight is 374 g/mol. The van der Waals surface area contributed by atoms with E-state index in [9.17, 15) is 9.59 Å². The van der Waals surface area contributed by atoms with Gasteiger partial charge in [0.1, 0.15) is 5.60 Å². The number of ether oxygens (including phenoxy) is 1. The molecule has 0 radical (unpaired) electrons. The van der Waals surface area contributed by atoms with E-state index in [0.717, 1.165) is 44.5 Å². The molecule has 3 rings (SSSR count). The van der Waals surface area contributed by atoms with Gasteiger partial charge in [-0.25, -0.2) is 10.2 Å². The Morgan fingerprint density at radius 1 is 1.22 bits per heavy atom. The van der Waals surface area contributed by atoms with Crippen molar-refractivity contribution >= 4 is 23.3 Å². The summed E-state index contributed by atoms with van der Waals surface area (Å²) in [6.07, 6.45) is 3.43. The Morgan fingerprint density at radius 3 is 2.59 bits per heavy atom. The summed E-state index contributed by atoms with van der Waals surface area (Å²) in [5, 5.41) is 0. The predicted octanol–water partition coefficient (Wildman–Crippen LogP) is 2.86. The number of anilines is 2. The lowest BCUT2D eigenvalue weighted by Crippen LogP contribution is -2.53. The Balaban J connectivity index is 1.57. The van der Waals surface area contributed by atoms with Gasteiger partial charge in [-0.3, -0.25) is 10.2 Å². The number of carbonyl (C=O) groups is 2. The van der Waals surface area contributed by atoms with Crippen LogP contribution in [0.5, 0.6) is 0 Å². The molecule has 7 heteroatoms. The van der Waals surface area contributed by atoms with Crippen molar-refractivity contribution < 1.29 is 14.3 Å². The van der Waals surface area contributed by atoms with Crippen molar-refractivity contribution in [2.24, 2.45) is 5.92 Å². The quantitative estimate of drug-likeness (QED) is 0.417. The monoisotopic (exact) mass is 374 g/mol. The van der Waals surface area contributed by atoms with Crippen LogP contribution in [-0.4, -0.2) is 36.6 Å². The minimum atomic E-state index is -0.529. The lowest BCUT2D eigenvalue weighted by molar-refractivity contribution is 0.0485. The van der Waals surface area contributed by atoms with Crippen molar-refractivity contribution in [3.8, 4) is 0 Å². The Bertz CT molecular complexity index is 710. The fraction of sp³-hybridized carbons (Fsp3) is 0.600. The van der Waals surface area contributed by atoms with E-state index in [2.05, 4.69) is 15.8 Å². The molecule has 1 amide bonds. The summed E-state index contributed by atoms with van der Waals surface area (Å²) >= 11 is 0. The third kappa shape index (κ3) is 5.35. The Labute approximate surface area is 160 Å². The summed E-state index contributed by atoms with van der Waals surface area (Å²) < 4.78 is 5.24. The molecule has 148 valence electrons. The molecule has 1 aromatic carbocycles. The molecule has 0 aromatic heterocycles. The second-order valence-electron chi connectivity index (χ2n) is 8.47. The molecule has 1 aromatic rings. The molecule has 7 nitrogen and oxygen atoms in total. The van der Waals surface area contributed by atoms with E-state index in [1.807, 2.05) is 32.9 Å². The van der Waals surface area contributed by atoms with Crippen LogP contribution < -0.4 is 21.5 Å². The van der Waals surface area contributed by atoms with Gasteiger partial charge in [0.05, 0.1) is 11.4 Å². The highest BCUT2D eigenvalue weighted by atomic mass is 16.6. The van der Waals surface area contributed by atoms with Crippen molar-refractivity contribution in [1.82, 2.24) is 10.9 Å². The van der Waals surface area contributed by atoms with E-state index in [0.29, 0.717) is 11.3 Å². The van der Waals surface area contributed by atoms with Crippen molar-refractivity contribution in [2.75, 3.05) is 23.7 Å². The summed E-state index contributed by atoms with van der Waals surface area (Å²) in [5.74, 6) is 0.394. The van der Waals surface area contributed by atoms with Crippen LogP contribution >= 0.6 is 0 Å². The van der Waals surface area contributed by atoms with Crippen molar-refractivity contribution in [3.05, 3.63) is 23.8 Å². The van der Waals surface area contributed by atoms with Crippen LogP contribution in [0.4, 0.5) is 16.2 Å². The van der Waals surface area contributed by atoms with Crippen molar-refractivity contribution in [3.63, 3.8) is 0 Å². The molecular weight excluding hydrogens is 344 g/mol. The molecule has 2 fully saturated rings. The number of hydrogen-bond acceptors (Lipinski definition) is 6. The minimum Gasteiger partial charge on any atom is -0.443 e. The number of Topliss-reactive ketones (excluding diaryl/α,β-unsaturated/α-hetero) is 1.